The standard InChI is InChI=1S/3C27H28N2.Ir/c3*1-19(2)24-17-23(21-11-7-5-8-12-21)18-25(20(3)4)26(24)29-16-15-28-27(29)22-13-9-6-10-14-22;/h3*5-20H,1-4H3;/q;;;+3. The molecular weight excluding hydrogens is 1250 g/mol. The molecule has 0 aliphatic rings. The minimum absolute atomic E-state index is 0. The number of imidazole rings is 3. The largest absolute Gasteiger partial charge is 3.00 e. The van der Waals surface area contributed by atoms with Crippen LogP contribution >= 0.6 is 0 Å². The van der Waals surface area contributed by atoms with E-state index in [-0.39, 0.29) is 20.1 Å². The smallest absolute Gasteiger partial charge is 0.299 e. The summed E-state index contributed by atoms with van der Waals surface area (Å²) in [4.78, 5) is 14.1. The van der Waals surface area contributed by atoms with E-state index in [0.29, 0.717) is 35.5 Å². The van der Waals surface area contributed by atoms with E-state index in [2.05, 4.69) is 316 Å². The fourth-order valence-electron chi connectivity index (χ4n) is 11.8. The SMILES string of the molecule is CC(C)c1cc(-c2ccccc2)cc(C(C)C)c1-n1ccnc1-c1ccccc1.CC(C)c1cc(-c2ccccc2)cc(C(C)C)c1-n1ccnc1-c1ccccc1.CC(C)c1cc(-c2ccccc2)cc(C(C)C)c1-n1ccnc1-c1ccccc1.[Ir+3]. The maximum atomic E-state index is 4.71. The predicted octanol–water partition coefficient (Wildman–Crippen LogP) is 22.4. The third-order valence-corrected chi connectivity index (χ3v) is 16.3. The van der Waals surface area contributed by atoms with Gasteiger partial charge in [0.05, 0.1) is 17.1 Å². The van der Waals surface area contributed by atoms with Crippen molar-refractivity contribution >= 4 is 0 Å². The Kier molecular flexibility index (Phi) is 21.2. The second kappa shape index (κ2) is 29.3. The molecule has 0 unspecified atom stereocenters. The molecule has 444 valence electrons. The normalized spacial score (nSPS) is 11.2. The Morgan fingerprint density at radius 3 is 0.568 bits per heavy atom. The van der Waals surface area contributed by atoms with E-state index >= 15 is 0 Å². The minimum Gasteiger partial charge on any atom is -0.299 e. The van der Waals surface area contributed by atoms with Crippen molar-refractivity contribution in [1.82, 2.24) is 28.7 Å². The molecule has 3 aromatic heterocycles. The topological polar surface area (TPSA) is 53.5 Å². The van der Waals surface area contributed by atoms with Gasteiger partial charge in [-0.1, -0.05) is 265 Å². The van der Waals surface area contributed by atoms with Gasteiger partial charge in [-0.3, -0.25) is 13.7 Å². The van der Waals surface area contributed by atoms with E-state index in [4.69, 9.17) is 15.0 Å². The van der Waals surface area contributed by atoms with Gasteiger partial charge in [0.1, 0.15) is 17.5 Å². The fraction of sp³-hybridized carbons (Fsp3) is 0.222. The summed E-state index contributed by atoms with van der Waals surface area (Å²) in [5.41, 5.74) is 22.9. The van der Waals surface area contributed by atoms with E-state index in [0.717, 1.165) is 34.2 Å². The van der Waals surface area contributed by atoms with Crippen molar-refractivity contribution < 1.29 is 20.1 Å². The molecular formula is C81H84IrN6+3. The van der Waals surface area contributed by atoms with Crippen LogP contribution in [0.25, 0.3) is 84.6 Å². The number of hydrogen-bond acceptors (Lipinski definition) is 3. The van der Waals surface area contributed by atoms with Crippen LogP contribution in [0.4, 0.5) is 0 Å². The Balaban J connectivity index is 0.000000156. The first-order chi connectivity index (χ1) is 42.2. The molecule has 0 N–H and O–H groups in total. The zero-order valence-corrected chi connectivity index (χ0v) is 55.6. The van der Waals surface area contributed by atoms with Gasteiger partial charge in [-0.05, 0) is 139 Å². The van der Waals surface area contributed by atoms with Crippen molar-refractivity contribution in [3.63, 3.8) is 0 Å². The quantitative estimate of drug-likeness (QED) is 0.103. The van der Waals surface area contributed by atoms with Crippen molar-refractivity contribution in [2.45, 2.75) is 119 Å². The van der Waals surface area contributed by atoms with Gasteiger partial charge in [0.25, 0.3) is 0 Å². The van der Waals surface area contributed by atoms with Crippen molar-refractivity contribution in [2.75, 3.05) is 0 Å². The van der Waals surface area contributed by atoms with Crippen LogP contribution in [0, 0.1) is 0 Å². The molecule has 0 radical (unpaired) electrons. The van der Waals surface area contributed by atoms with Crippen LogP contribution in [0.1, 0.15) is 152 Å². The average Bonchev–Trinajstić information content (AvgIpc) is 1.56. The Hall–Kier alpha value is -8.74. The van der Waals surface area contributed by atoms with Gasteiger partial charge in [0, 0.05) is 53.9 Å². The maximum absolute atomic E-state index is 4.71. The van der Waals surface area contributed by atoms with Crippen LogP contribution < -0.4 is 0 Å². The van der Waals surface area contributed by atoms with Crippen molar-refractivity contribution in [3.05, 3.63) is 289 Å². The zero-order valence-electron chi connectivity index (χ0n) is 53.2. The van der Waals surface area contributed by atoms with Crippen molar-refractivity contribution in [1.29, 1.82) is 0 Å². The van der Waals surface area contributed by atoms with Crippen LogP contribution in [0.2, 0.25) is 0 Å². The minimum atomic E-state index is 0. The predicted molar refractivity (Wildman–Crippen MR) is 368 cm³/mol. The third kappa shape index (κ3) is 14.3. The Morgan fingerprint density at radius 2 is 0.398 bits per heavy atom. The van der Waals surface area contributed by atoms with Crippen molar-refractivity contribution in [3.8, 4) is 84.6 Å². The zero-order chi connectivity index (χ0) is 61.1. The van der Waals surface area contributed by atoms with Gasteiger partial charge in [0.15, 0.2) is 0 Å². The monoisotopic (exact) mass is 1330 g/mol. The summed E-state index contributed by atoms with van der Waals surface area (Å²) in [5.74, 6) is 5.36. The maximum Gasteiger partial charge on any atom is 3.00 e. The number of benzene rings is 9. The summed E-state index contributed by atoms with van der Waals surface area (Å²) in [6.07, 6.45) is 12.0. The molecule has 0 amide bonds. The van der Waals surface area contributed by atoms with Crippen LogP contribution in [0.3, 0.4) is 0 Å². The molecule has 7 heteroatoms. The van der Waals surface area contributed by atoms with E-state index in [1.165, 1.54) is 83.8 Å². The molecule has 12 aromatic rings. The molecule has 0 spiro atoms. The number of hydrogen-bond donors (Lipinski definition) is 0. The Bertz CT molecular complexity index is 3620. The molecule has 0 atom stereocenters. The molecule has 6 nitrogen and oxygen atoms in total. The Morgan fingerprint density at radius 1 is 0.227 bits per heavy atom. The van der Waals surface area contributed by atoms with Gasteiger partial charge < -0.3 is 0 Å². The molecule has 0 bridgehead atoms. The van der Waals surface area contributed by atoms with E-state index in [1.54, 1.807) is 0 Å². The Labute approximate surface area is 537 Å². The van der Waals surface area contributed by atoms with Gasteiger partial charge in [-0.25, -0.2) is 15.0 Å². The first kappa shape index (κ1) is 63.8. The average molecular weight is 1330 g/mol. The van der Waals surface area contributed by atoms with Crippen molar-refractivity contribution in [2.24, 2.45) is 0 Å². The molecule has 3 heterocycles. The molecule has 0 saturated heterocycles. The van der Waals surface area contributed by atoms with Crippen LogP contribution in [-0.4, -0.2) is 28.7 Å². The first-order valence-corrected chi connectivity index (χ1v) is 31.2. The molecule has 0 aliphatic carbocycles. The van der Waals surface area contributed by atoms with Crippen LogP contribution in [-0.2, 0) is 20.1 Å². The molecule has 12 rings (SSSR count). The second-order valence-electron chi connectivity index (χ2n) is 24.5. The molecule has 0 saturated carbocycles. The summed E-state index contributed by atoms with van der Waals surface area (Å²) in [5, 5.41) is 0. The first-order valence-electron chi connectivity index (χ1n) is 31.2. The van der Waals surface area contributed by atoms with Gasteiger partial charge >= 0.3 is 20.1 Å². The second-order valence-corrected chi connectivity index (χ2v) is 24.5. The summed E-state index contributed by atoms with van der Waals surface area (Å²) >= 11 is 0. The van der Waals surface area contributed by atoms with Gasteiger partial charge in [-0.2, -0.15) is 0 Å². The van der Waals surface area contributed by atoms with E-state index in [1.807, 2.05) is 36.8 Å². The van der Waals surface area contributed by atoms with Crippen LogP contribution in [0.15, 0.2) is 256 Å². The number of nitrogens with zero attached hydrogens (tertiary/aromatic N) is 6. The molecule has 0 aliphatic heterocycles. The summed E-state index contributed by atoms with van der Waals surface area (Å²) in [6, 6.07) is 77.5. The van der Waals surface area contributed by atoms with Gasteiger partial charge in [0.2, 0.25) is 0 Å². The summed E-state index contributed by atoms with van der Waals surface area (Å²) in [7, 11) is 0. The summed E-state index contributed by atoms with van der Waals surface area (Å²) < 4.78 is 6.82. The van der Waals surface area contributed by atoms with Crippen LogP contribution in [0.5, 0.6) is 0 Å². The number of aromatic nitrogens is 6. The third-order valence-electron chi connectivity index (χ3n) is 16.3. The van der Waals surface area contributed by atoms with E-state index < -0.39 is 0 Å². The molecule has 0 fully saturated rings. The van der Waals surface area contributed by atoms with Gasteiger partial charge in [-0.15, -0.1) is 0 Å². The number of rotatable bonds is 15. The molecule has 9 aromatic carbocycles. The fourth-order valence-corrected chi connectivity index (χ4v) is 11.8. The molecule has 88 heavy (non-hydrogen) atoms. The summed E-state index contributed by atoms with van der Waals surface area (Å²) in [6.45, 7) is 27.3. The van der Waals surface area contributed by atoms with E-state index in [9.17, 15) is 0 Å².